The number of pyridine rings is 1. The highest BCUT2D eigenvalue weighted by molar-refractivity contribution is 6.42. The Bertz CT molecular complexity index is 717. The lowest BCUT2D eigenvalue weighted by Crippen LogP contribution is -2.43. The Kier molecular flexibility index (Phi) is 4.71. The number of benzene rings is 1. The lowest BCUT2D eigenvalue weighted by Gasteiger charge is -2.33. The van der Waals surface area contributed by atoms with Crippen LogP contribution in [0.15, 0.2) is 41.5 Å². The molecule has 0 bridgehead atoms. The van der Waals surface area contributed by atoms with Crippen LogP contribution in [0.3, 0.4) is 0 Å². The summed E-state index contributed by atoms with van der Waals surface area (Å²) in [5, 5.41) is 4.21. The summed E-state index contributed by atoms with van der Waals surface area (Å²) in [7, 11) is 0. The quantitative estimate of drug-likeness (QED) is 0.899. The third kappa shape index (κ3) is 3.14. The molecule has 2 N–H and O–H groups in total. The molecule has 1 aliphatic heterocycles. The second-order valence-electron chi connectivity index (χ2n) is 5.25. The minimum Gasteiger partial charge on any atom is -0.487 e. The Morgan fingerprint density at radius 3 is 2.91 bits per heavy atom. The zero-order chi connectivity index (χ0) is 15.5. The molecule has 0 spiro atoms. The highest BCUT2D eigenvalue weighted by Crippen LogP contribution is 2.34. The maximum Gasteiger partial charge on any atom is 0.186 e. The molecule has 0 saturated carbocycles. The molecule has 0 aliphatic carbocycles. The van der Waals surface area contributed by atoms with Gasteiger partial charge in [-0.2, -0.15) is 0 Å². The van der Waals surface area contributed by atoms with Crippen molar-refractivity contribution in [3.63, 3.8) is 0 Å². The highest BCUT2D eigenvalue weighted by atomic mass is 35.5. The third-order valence-electron chi connectivity index (χ3n) is 3.79. The van der Waals surface area contributed by atoms with Crippen LogP contribution in [0.25, 0.3) is 0 Å². The summed E-state index contributed by atoms with van der Waals surface area (Å²) in [6.45, 7) is 0.849. The second-order valence-corrected chi connectivity index (χ2v) is 6.03. The second kappa shape index (κ2) is 6.73. The number of hydrogen-bond acceptors (Lipinski definition) is 3. The van der Waals surface area contributed by atoms with E-state index in [2.05, 4.69) is 10.3 Å². The van der Waals surface area contributed by atoms with Gasteiger partial charge in [-0.25, -0.2) is 0 Å². The van der Waals surface area contributed by atoms with Crippen LogP contribution in [0.4, 0.5) is 0 Å². The predicted octanol–water partition coefficient (Wildman–Crippen LogP) is 3.55. The van der Waals surface area contributed by atoms with Crippen molar-refractivity contribution in [2.24, 2.45) is 0 Å². The normalized spacial score (nSPS) is 21.5. The number of halogens is 2. The third-order valence-corrected chi connectivity index (χ3v) is 4.59. The summed E-state index contributed by atoms with van der Waals surface area (Å²) >= 11 is 12.2. The highest BCUT2D eigenvalue weighted by Gasteiger charge is 2.30. The Morgan fingerprint density at radius 1 is 1.23 bits per heavy atom. The standard InChI is InChI=1S/C16H16Cl2N2O2/c17-11-3-1-4-13(15(11)18)22-14-5-2-7-20-16(14)10-9-19-8-6-12(10)21/h1,3-4,6,8-9,14,16,20H,2,5,7H2,(H,19,21). The van der Waals surface area contributed by atoms with Gasteiger partial charge in [-0.3, -0.25) is 4.79 Å². The van der Waals surface area contributed by atoms with Crippen molar-refractivity contribution in [2.75, 3.05) is 6.54 Å². The van der Waals surface area contributed by atoms with Crippen LogP contribution in [0, 0.1) is 0 Å². The van der Waals surface area contributed by atoms with Gasteiger partial charge < -0.3 is 15.0 Å². The van der Waals surface area contributed by atoms with Gasteiger partial charge in [-0.15, -0.1) is 0 Å². The molecule has 2 unspecified atom stereocenters. The molecule has 3 rings (SSSR count). The van der Waals surface area contributed by atoms with E-state index in [4.69, 9.17) is 27.9 Å². The monoisotopic (exact) mass is 338 g/mol. The molecule has 22 heavy (non-hydrogen) atoms. The van der Waals surface area contributed by atoms with Crippen molar-refractivity contribution in [2.45, 2.75) is 25.0 Å². The molecule has 1 aromatic carbocycles. The average molecular weight is 339 g/mol. The first-order chi connectivity index (χ1) is 10.7. The van der Waals surface area contributed by atoms with Gasteiger partial charge in [0, 0.05) is 24.0 Å². The zero-order valence-corrected chi connectivity index (χ0v) is 13.3. The number of nitrogens with one attached hydrogen (secondary N) is 2. The van der Waals surface area contributed by atoms with E-state index in [1.807, 2.05) is 0 Å². The van der Waals surface area contributed by atoms with Crippen LogP contribution in [0.1, 0.15) is 24.4 Å². The summed E-state index contributed by atoms with van der Waals surface area (Å²) < 4.78 is 6.06. The minimum atomic E-state index is -0.173. The Balaban J connectivity index is 1.89. The van der Waals surface area contributed by atoms with Crippen LogP contribution in [-0.2, 0) is 0 Å². The van der Waals surface area contributed by atoms with Crippen molar-refractivity contribution in [1.82, 2.24) is 10.3 Å². The largest absolute Gasteiger partial charge is 0.487 e. The van der Waals surface area contributed by atoms with Gasteiger partial charge in [0.25, 0.3) is 0 Å². The van der Waals surface area contributed by atoms with Crippen molar-refractivity contribution in [3.05, 3.63) is 62.5 Å². The molecule has 2 aromatic rings. The van der Waals surface area contributed by atoms with Crippen molar-refractivity contribution >= 4 is 23.2 Å². The maximum atomic E-state index is 12.1. The molecule has 0 radical (unpaired) electrons. The van der Waals surface area contributed by atoms with Gasteiger partial charge in [0.15, 0.2) is 5.43 Å². The summed E-state index contributed by atoms with van der Waals surface area (Å²) in [5.74, 6) is 0.542. The van der Waals surface area contributed by atoms with Gasteiger partial charge in [0.1, 0.15) is 16.9 Å². The molecule has 1 fully saturated rings. The van der Waals surface area contributed by atoms with E-state index in [1.165, 1.54) is 6.07 Å². The fourth-order valence-electron chi connectivity index (χ4n) is 2.71. The number of rotatable bonds is 3. The first kappa shape index (κ1) is 15.4. The van der Waals surface area contributed by atoms with Crippen LogP contribution in [0.5, 0.6) is 5.75 Å². The van der Waals surface area contributed by atoms with E-state index < -0.39 is 0 Å². The maximum absolute atomic E-state index is 12.1. The average Bonchev–Trinajstić information content (AvgIpc) is 2.53. The van der Waals surface area contributed by atoms with Crippen LogP contribution < -0.4 is 15.5 Å². The first-order valence-electron chi connectivity index (χ1n) is 7.18. The van der Waals surface area contributed by atoms with Crippen LogP contribution in [0.2, 0.25) is 10.0 Å². The van der Waals surface area contributed by atoms with Crippen LogP contribution >= 0.6 is 23.2 Å². The van der Waals surface area contributed by atoms with Crippen molar-refractivity contribution in [3.8, 4) is 5.75 Å². The Labute approximate surface area is 138 Å². The molecule has 116 valence electrons. The summed E-state index contributed by atoms with van der Waals surface area (Å²) in [6.07, 6.45) is 4.99. The molecule has 6 heteroatoms. The summed E-state index contributed by atoms with van der Waals surface area (Å²) in [6, 6.07) is 6.65. The van der Waals surface area contributed by atoms with Gasteiger partial charge in [0.2, 0.25) is 0 Å². The zero-order valence-electron chi connectivity index (χ0n) is 11.8. The molecular formula is C16H16Cl2N2O2. The smallest absolute Gasteiger partial charge is 0.186 e. The van der Waals surface area contributed by atoms with E-state index in [-0.39, 0.29) is 17.6 Å². The number of aromatic amines is 1. The van der Waals surface area contributed by atoms with Crippen molar-refractivity contribution < 1.29 is 4.74 Å². The molecule has 1 aromatic heterocycles. The summed E-state index contributed by atoms with van der Waals surface area (Å²) in [5.41, 5.74) is 0.661. The number of aromatic nitrogens is 1. The number of hydrogen-bond donors (Lipinski definition) is 2. The lowest BCUT2D eigenvalue weighted by atomic mass is 9.95. The SMILES string of the molecule is O=c1cc[nH]cc1C1NCCCC1Oc1cccc(Cl)c1Cl. The number of H-pyrrole nitrogens is 1. The summed E-state index contributed by atoms with van der Waals surface area (Å²) in [4.78, 5) is 15.0. The fourth-order valence-corrected chi connectivity index (χ4v) is 3.04. The Morgan fingerprint density at radius 2 is 2.09 bits per heavy atom. The van der Waals surface area contributed by atoms with Gasteiger partial charge in [-0.1, -0.05) is 29.3 Å². The molecular weight excluding hydrogens is 323 g/mol. The topological polar surface area (TPSA) is 54.1 Å². The Hall–Kier alpha value is -1.49. The number of ether oxygens (including phenoxy) is 1. The fraction of sp³-hybridized carbons (Fsp3) is 0.312. The van der Waals surface area contributed by atoms with E-state index in [1.54, 1.807) is 30.6 Å². The van der Waals surface area contributed by atoms with Gasteiger partial charge in [0.05, 0.1) is 11.1 Å². The molecule has 1 aliphatic rings. The van der Waals surface area contributed by atoms with E-state index in [0.717, 1.165) is 19.4 Å². The predicted molar refractivity (Wildman–Crippen MR) is 87.9 cm³/mol. The minimum absolute atomic E-state index is 0.0102. The van der Waals surface area contributed by atoms with Gasteiger partial charge in [-0.05, 0) is 31.5 Å². The lowest BCUT2D eigenvalue weighted by molar-refractivity contribution is 0.119. The van der Waals surface area contributed by atoms with E-state index >= 15 is 0 Å². The van der Waals surface area contributed by atoms with Crippen molar-refractivity contribution in [1.29, 1.82) is 0 Å². The molecule has 4 nitrogen and oxygen atoms in total. The molecule has 1 saturated heterocycles. The van der Waals surface area contributed by atoms with E-state index in [9.17, 15) is 4.79 Å². The number of piperidine rings is 1. The molecule has 2 atom stereocenters. The molecule has 2 heterocycles. The van der Waals surface area contributed by atoms with E-state index in [0.29, 0.717) is 21.4 Å². The first-order valence-corrected chi connectivity index (χ1v) is 7.93. The van der Waals surface area contributed by atoms with Gasteiger partial charge >= 0.3 is 0 Å². The molecule has 0 amide bonds. The van der Waals surface area contributed by atoms with Crippen LogP contribution in [-0.4, -0.2) is 17.6 Å².